The number of rotatable bonds is 6. The molecule has 4 rings (SSSR count). The largest absolute Gasteiger partial charge is 0.461 e. The first-order chi connectivity index (χ1) is 13.8. The fourth-order valence-electron chi connectivity index (χ4n) is 3.28. The van der Waals surface area contributed by atoms with Crippen molar-refractivity contribution in [2.45, 2.75) is 12.8 Å². The summed E-state index contributed by atoms with van der Waals surface area (Å²) >= 11 is 0. The second-order valence-corrected chi connectivity index (χ2v) is 6.58. The minimum atomic E-state index is -0.647. The quantitative estimate of drug-likeness (QED) is 0.566. The van der Waals surface area contributed by atoms with Gasteiger partial charge in [0.25, 0.3) is 0 Å². The Hall–Kier alpha value is -3.59. The Balaban J connectivity index is 1.75. The summed E-state index contributed by atoms with van der Waals surface area (Å²) in [6, 6.07) is 30.1. The van der Waals surface area contributed by atoms with Crippen LogP contribution in [0, 0.1) is 0 Å². The molecule has 0 saturated heterocycles. The van der Waals surface area contributed by atoms with Crippen molar-refractivity contribution in [3.05, 3.63) is 119 Å². The highest BCUT2D eigenvalue weighted by Gasteiger charge is 2.32. The van der Waals surface area contributed by atoms with E-state index < -0.39 is 6.23 Å². The van der Waals surface area contributed by atoms with Crippen LogP contribution in [-0.4, -0.2) is 17.4 Å². The van der Waals surface area contributed by atoms with Crippen LogP contribution in [0.1, 0.15) is 16.7 Å². The van der Waals surface area contributed by atoms with Crippen LogP contribution in [0.25, 0.3) is 11.8 Å². The number of aldehydes is 1. The summed E-state index contributed by atoms with van der Waals surface area (Å²) in [5.74, 6) is 0.723. The minimum Gasteiger partial charge on any atom is -0.461 e. The van der Waals surface area contributed by atoms with E-state index in [0.717, 1.165) is 34.4 Å². The van der Waals surface area contributed by atoms with Gasteiger partial charge in [0.15, 0.2) is 12.0 Å². The van der Waals surface area contributed by atoms with E-state index in [1.807, 2.05) is 95.9 Å². The summed E-state index contributed by atoms with van der Waals surface area (Å²) in [4.78, 5) is 13.8. The van der Waals surface area contributed by atoms with Gasteiger partial charge in [-0.25, -0.2) is 0 Å². The van der Waals surface area contributed by atoms with Gasteiger partial charge in [0, 0.05) is 12.1 Å². The molecule has 1 heterocycles. The molecule has 138 valence electrons. The van der Waals surface area contributed by atoms with Crippen molar-refractivity contribution in [2.24, 2.45) is 0 Å². The molecule has 1 aliphatic heterocycles. The zero-order valence-electron chi connectivity index (χ0n) is 15.4. The lowest BCUT2D eigenvalue weighted by Gasteiger charge is -2.22. The molecular weight excluding hydrogens is 346 g/mol. The molecule has 1 unspecified atom stereocenters. The third kappa shape index (κ3) is 3.89. The molecule has 0 spiro atoms. The molecule has 0 bridgehead atoms. The number of hydrogen-bond donors (Lipinski definition) is 0. The molecule has 0 amide bonds. The lowest BCUT2D eigenvalue weighted by Crippen LogP contribution is -2.31. The molecule has 1 atom stereocenters. The van der Waals surface area contributed by atoms with Crippen LogP contribution >= 0.6 is 0 Å². The summed E-state index contributed by atoms with van der Waals surface area (Å²) in [5.41, 5.74) is 4.07. The van der Waals surface area contributed by atoms with Crippen LogP contribution in [0.3, 0.4) is 0 Å². The van der Waals surface area contributed by atoms with Gasteiger partial charge >= 0.3 is 0 Å². The van der Waals surface area contributed by atoms with Crippen LogP contribution in [-0.2, 0) is 16.1 Å². The number of allylic oxidation sites excluding steroid dienone is 1. The van der Waals surface area contributed by atoms with E-state index in [1.54, 1.807) is 0 Å². The highest BCUT2D eigenvalue weighted by atomic mass is 16.5. The Morgan fingerprint density at radius 3 is 2.04 bits per heavy atom. The van der Waals surface area contributed by atoms with Gasteiger partial charge in [-0.3, -0.25) is 4.79 Å². The van der Waals surface area contributed by atoms with Crippen LogP contribution in [0.4, 0.5) is 0 Å². The maximum absolute atomic E-state index is 11.8. The molecule has 3 aromatic rings. The van der Waals surface area contributed by atoms with Gasteiger partial charge in [-0.15, -0.1) is 0 Å². The molecule has 3 aromatic carbocycles. The van der Waals surface area contributed by atoms with Gasteiger partial charge in [0.1, 0.15) is 0 Å². The summed E-state index contributed by atoms with van der Waals surface area (Å²) in [7, 11) is 0. The van der Waals surface area contributed by atoms with Gasteiger partial charge in [0.2, 0.25) is 6.23 Å². The van der Waals surface area contributed by atoms with Crippen molar-refractivity contribution < 1.29 is 9.53 Å². The average Bonchev–Trinajstić information content (AvgIpc) is 3.11. The Morgan fingerprint density at radius 1 is 0.786 bits per heavy atom. The molecule has 0 N–H and O–H groups in total. The molecule has 28 heavy (non-hydrogen) atoms. The fourth-order valence-corrected chi connectivity index (χ4v) is 3.28. The summed E-state index contributed by atoms with van der Waals surface area (Å²) in [5, 5.41) is 0. The Morgan fingerprint density at radius 2 is 1.39 bits per heavy atom. The summed E-state index contributed by atoms with van der Waals surface area (Å²) < 4.78 is 6.07. The minimum absolute atomic E-state index is 0.592. The van der Waals surface area contributed by atoms with E-state index >= 15 is 0 Å². The lowest BCUT2D eigenvalue weighted by atomic mass is 10.1. The van der Waals surface area contributed by atoms with E-state index in [1.165, 1.54) is 0 Å². The smallest absolute Gasteiger partial charge is 0.229 e. The monoisotopic (exact) mass is 367 g/mol. The van der Waals surface area contributed by atoms with Crippen LogP contribution < -0.4 is 0 Å². The second kappa shape index (κ2) is 8.40. The van der Waals surface area contributed by atoms with Crippen LogP contribution in [0.5, 0.6) is 0 Å². The van der Waals surface area contributed by atoms with Crippen molar-refractivity contribution in [1.82, 2.24) is 4.90 Å². The maximum atomic E-state index is 11.8. The Bertz CT molecular complexity index is 979. The molecule has 1 aliphatic rings. The van der Waals surface area contributed by atoms with Crippen molar-refractivity contribution in [3.63, 3.8) is 0 Å². The van der Waals surface area contributed by atoms with Crippen LogP contribution in [0.2, 0.25) is 0 Å². The molecular formula is C25H21NO2. The fraction of sp³-hybridized carbons (Fsp3) is 0.0800. The summed E-state index contributed by atoms with van der Waals surface area (Å²) in [6.45, 7) is 0.592. The molecule has 3 nitrogen and oxygen atoms in total. The SMILES string of the molecule is O=CC1OC(c2ccccc2)=C(C=Cc2ccccc2)N1Cc1ccccc1. The van der Waals surface area contributed by atoms with E-state index in [4.69, 9.17) is 4.74 Å². The van der Waals surface area contributed by atoms with E-state index in [9.17, 15) is 4.79 Å². The van der Waals surface area contributed by atoms with Gasteiger partial charge in [-0.1, -0.05) is 97.1 Å². The van der Waals surface area contributed by atoms with Crippen LogP contribution in [0.15, 0.2) is 103 Å². The zero-order valence-corrected chi connectivity index (χ0v) is 15.4. The number of carbonyl (C=O) groups excluding carboxylic acids is 1. The topological polar surface area (TPSA) is 29.5 Å². The number of hydrogen-bond acceptors (Lipinski definition) is 3. The summed E-state index contributed by atoms with van der Waals surface area (Å²) in [6.07, 6.45) is 4.29. The third-order valence-electron chi connectivity index (χ3n) is 4.67. The van der Waals surface area contributed by atoms with E-state index in [-0.39, 0.29) is 0 Å². The van der Waals surface area contributed by atoms with Gasteiger partial charge < -0.3 is 9.64 Å². The molecule has 0 radical (unpaired) electrons. The Labute approximate surface area is 165 Å². The lowest BCUT2D eigenvalue weighted by molar-refractivity contribution is -0.119. The highest BCUT2D eigenvalue weighted by Crippen LogP contribution is 2.34. The van der Waals surface area contributed by atoms with Gasteiger partial charge in [-0.05, 0) is 17.2 Å². The molecule has 3 heteroatoms. The van der Waals surface area contributed by atoms with E-state index in [2.05, 4.69) is 12.1 Å². The molecule has 0 saturated carbocycles. The number of benzene rings is 3. The predicted octanol–water partition coefficient (Wildman–Crippen LogP) is 5.13. The van der Waals surface area contributed by atoms with Crippen molar-refractivity contribution >= 4 is 18.1 Å². The molecule has 0 aromatic heterocycles. The second-order valence-electron chi connectivity index (χ2n) is 6.58. The predicted molar refractivity (Wildman–Crippen MR) is 112 cm³/mol. The van der Waals surface area contributed by atoms with Crippen molar-refractivity contribution in [2.75, 3.05) is 0 Å². The van der Waals surface area contributed by atoms with E-state index in [0.29, 0.717) is 6.54 Å². The Kier molecular flexibility index (Phi) is 5.34. The first kappa shape index (κ1) is 17.8. The number of carbonyl (C=O) groups is 1. The highest BCUT2D eigenvalue weighted by molar-refractivity contribution is 5.73. The molecule has 0 fully saturated rings. The van der Waals surface area contributed by atoms with Gasteiger partial charge in [-0.2, -0.15) is 0 Å². The maximum Gasteiger partial charge on any atom is 0.229 e. The number of nitrogens with zero attached hydrogens (tertiary/aromatic N) is 1. The number of ether oxygens (including phenoxy) is 1. The molecule has 0 aliphatic carbocycles. The van der Waals surface area contributed by atoms with Crippen molar-refractivity contribution in [1.29, 1.82) is 0 Å². The first-order valence-corrected chi connectivity index (χ1v) is 9.30. The first-order valence-electron chi connectivity index (χ1n) is 9.30. The normalized spacial score (nSPS) is 16.4. The third-order valence-corrected chi connectivity index (χ3v) is 4.67. The van der Waals surface area contributed by atoms with Crippen molar-refractivity contribution in [3.8, 4) is 0 Å². The standard InChI is InChI=1S/C25H21NO2/c27-19-24-26(18-21-12-6-2-7-13-21)23(17-16-20-10-4-1-5-11-20)25(28-24)22-14-8-3-9-15-22/h1-17,19,24H,18H2. The average molecular weight is 367 g/mol. The van der Waals surface area contributed by atoms with Gasteiger partial charge in [0.05, 0.1) is 5.70 Å². The zero-order chi connectivity index (χ0) is 19.2.